The maximum atomic E-state index is 13.1. The molecule has 3 atom stereocenters. The van der Waals surface area contributed by atoms with Crippen molar-refractivity contribution in [1.29, 1.82) is 0 Å². The molecule has 4 heterocycles. The normalized spacial score (nSPS) is 32.2. The van der Waals surface area contributed by atoms with Gasteiger partial charge in [0.05, 0.1) is 18.2 Å². The number of carbonyl (C=O) groups excluding carboxylic acids is 2. The number of nitrogens with one attached hydrogen (secondary N) is 1. The predicted octanol–water partition coefficient (Wildman–Crippen LogP) is 2.46. The summed E-state index contributed by atoms with van der Waals surface area (Å²) in [6, 6.07) is 11.9. The molecule has 36 heavy (non-hydrogen) atoms. The lowest BCUT2D eigenvalue weighted by molar-refractivity contribution is -0.177. The molecule has 3 amide bonds. The fourth-order valence-corrected chi connectivity index (χ4v) is 7.00. The van der Waals surface area contributed by atoms with Crippen LogP contribution in [0.5, 0.6) is 0 Å². The van der Waals surface area contributed by atoms with Crippen molar-refractivity contribution in [1.82, 2.24) is 24.9 Å². The van der Waals surface area contributed by atoms with Crippen LogP contribution in [0.3, 0.4) is 0 Å². The molecule has 6 rings (SSSR count). The standard InChI is InChI=1S/C28H41N5O3/c1-30-13-15-31(16-14-30)27(35)29-25(21-5-3-2-4-6-21)11-12-32-23-9-10-24(32)18-28(17-23)20-33(22-7-8-22)26(34)19-36-28/h2-6,22-25H,7-20H2,1H3,(H,29,35). The number of rotatable bonds is 6. The van der Waals surface area contributed by atoms with Gasteiger partial charge in [-0.05, 0) is 57.6 Å². The molecule has 0 aromatic heterocycles. The van der Waals surface area contributed by atoms with Crippen molar-refractivity contribution in [3.63, 3.8) is 0 Å². The first-order valence-corrected chi connectivity index (χ1v) is 14.0. The van der Waals surface area contributed by atoms with E-state index in [0.717, 1.165) is 71.4 Å². The fourth-order valence-electron chi connectivity index (χ4n) is 7.00. The van der Waals surface area contributed by atoms with Gasteiger partial charge in [0.1, 0.15) is 6.61 Å². The molecular weight excluding hydrogens is 454 g/mol. The Morgan fingerprint density at radius 1 is 1.03 bits per heavy atom. The van der Waals surface area contributed by atoms with Crippen LogP contribution >= 0.6 is 0 Å². The summed E-state index contributed by atoms with van der Waals surface area (Å²) in [4.78, 5) is 34.6. The van der Waals surface area contributed by atoms with Gasteiger partial charge in [0, 0.05) is 50.8 Å². The number of fused-ring (bicyclic) bond motifs is 2. The van der Waals surface area contributed by atoms with Crippen molar-refractivity contribution in [2.24, 2.45) is 0 Å². The van der Waals surface area contributed by atoms with Gasteiger partial charge in [0.2, 0.25) is 5.91 Å². The van der Waals surface area contributed by atoms with Crippen LogP contribution in [0.4, 0.5) is 4.79 Å². The summed E-state index contributed by atoms with van der Waals surface area (Å²) in [5, 5.41) is 3.37. The first-order valence-electron chi connectivity index (χ1n) is 14.0. The zero-order chi connectivity index (χ0) is 24.7. The summed E-state index contributed by atoms with van der Waals surface area (Å²) in [6.07, 6.45) is 7.65. The van der Waals surface area contributed by atoms with E-state index in [9.17, 15) is 9.59 Å². The van der Waals surface area contributed by atoms with Gasteiger partial charge in [-0.3, -0.25) is 9.69 Å². The third-order valence-electron chi connectivity index (χ3n) is 9.22. The number of carbonyl (C=O) groups is 2. The highest BCUT2D eigenvalue weighted by Gasteiger charge is 2.53. The van der Waals surface area contributed by atoms with E-state index in [1.165, 1.54) is 18.4 Å². The van der Waals surface area contributed by atoms with Crippen molar-refractivity contribution in [2.45, 2.75) is 74.7 Å². The molecule has 8 nitrogen and oxygen atoms in total. The third-order valence-corrected chi connectivity index (χ3v) is 9.22. The van der Waals surface area contributed by atoms with Crippen LogP contribution in [0.25, 0.3) is 0 Å². The summed E-state index contributed by atoms with van der Waals surface area (Å²) in [7, 11) is 2.11. The number of piperazine rings is 1. The lowest BCUT2D eigenvalue weighted by Gasteiger charge is -2.50. The van der Waals surface area contributed by atoms with E-state index in [4.69, 9.17) is 4.74 Å². The number of benzene rings is 1. The molecular formula is C28H41N5O3. The van der Waals surface area contributed by atoms with Crippen molar-refractivity contribution < 1.29 is 14.3 Å². The molecule has 1 aromatic rings. The van der Waals surface area contributed by atoms with Crippen LogP contribution in [0, 0.1) is 0 Å². The Kier molecular flexibility index (Phi) is 6.69. The number of ether oxygens (including phenoxy) is 1. The monoisotopic (exact) mass is 495 g/mol. The van der Waals surface area contributed by atoms with Crippen molar-refractivity contribution >= 4 is 11.9 Å². The van der Waals surface area contributed by atoms with E-state index in [0.29, 0.717) is 18.1 Å². The highest BCUT2D eigenvalue weighted by Crippen LogP contribution is 2.45. The Labute approximate surface area is 214 Å². The summed E-state index contributed by atoms with van der Waals surface area (Å²) in [5.74, 6) is 0.180. The minimum atomic E-state index is -0.159. The second-order valence-corrected chi connectivity index (χ2v) is 11.7. The molecule has 5 aliphatic rings. The Balaban J connectivity index is 1.10. The molecule has 0 radical (unpaired) electrons. The highest BCUT2D eigenvalue weighted by atomic mass is 16.5. The lowest BCUT2D eigenvalue weighted by Crippen LogP contribution is -2.62. The first kappa shape index (κ1) is 24.2. The number of amides is 3. The molecule has 1 aliphatic carbocycles. The molecule has 8 heteroatoms. The van der Waals surface area contributed by atoms with Gasteiger partial charge in [-0.1, -0.05) is 30.3 Å². The maximum Gasteiger partial charge on any atom is 0.317 e. The lowest BCUT2D eigenvalue weighted by atomic mass is 9.84. The van der Waals surface area contributed by atoms with Crippen LogP contribution in [0.2, 0.25) is 0 Å². The fraction of sp³-hybridized carbons (Fsp3) is 0.714. The molecule has 1 N–H and O–H groups in total. The van der Waals surface area contributed by atoms with Crippen molar-refractivity contribution in [3.8, 4) is 0 Å². The topological polar surface area (TPSA) is 68.4 Å². The predicted molar refractivity (Wildman–Crippen MR) is 138 cm³/mol. The van der Waals surface area contributed by atoms with Crippen LogP contribution in [-0.2, 0) is 9.53 Å². The van der Waals surface area contributed by atoms with Gasteiger partial charge in [-0.25, -0.2) is 4.79 Å². The molecule has 196 valence electrons. The van der Waals surface area contributed by atoms with E-state index >= 15 is 0 Å². The van der Waals surface area contributed by atoms with E-state index in [1.807, 2.05) is 11.0 Å². The number of nitrogens with zero attached hydrogens (tertiary/aromatic N) is 4. The average Bonchev–Trinajstić information content (AvgIpc) is 3.70. The van der Waals surface area contributed by atoms with Gasteiger partial charge < -0.3 is 24.8 Å². The van der Waals surface area contributed by atoms with Gasteiger partial charge in [-0.2, -0.15) is 0 Å². The van der Waals surface area contributed by atoms with E-state index in [-0.39, 0.29) is 30.2 Å². The quantitative estimate of drug-likeness (QED) is 0.657. The summed E-state index contributed by atoms with van der Waals surface area (Å²) in [5.41, 5.74) is 1.02. The summed E-state index contributed by atoms with van der Waals surface area (Å²) < 4.78 is 6.29. The molecule has 1 saturated carbocycles. The van der Waals surface area contributed by atoms with Crippen LogP contribution in [0.1, 0.15) is 56.6 Å². The third kappa shape index (κ3) is 5.00. The summed E-state index contributed by atoms with van der Waals surface area (Å²) >= 11 is 0. The Bertz CT molecular complexity index is 932. The van der Waals surface area contributed by atoms with Gasteiger partial charge in [-0.15, -0.1) is 0 Å². The largest absolute Gasteiger partial charge is 0.363 e. The minimum absolute atomic E-state index is 0.00236. The number of urea groups is 1. The highest BCUT2D eigenvalue weighted by molar-refractivity contribution is 5.79. The van der Waals surface area contributed by atoms with E-state index < -0.39 is 0 Å². The van der Waals surface area contributed by atoms with Gasteiger partial charge in [0.15, 0.2) is 0 Å². The molecule has 1 aromatic carbocycles. The summed E-state index contributed by atoms with van der Waals surface area (Å²) in [6.45, 7) is 5.42. The Morgan fingerprint density at radius 3 is 2.36 bits per heavy atom. The number of hydrogen-bond donors (Lipinski definition) is 1. The molecule has 2 bridgehead atoms. The molecule has 5 fully saturated rings. The van der Waals surface area contributed by atoms with Crippen molar-refractivity contribution in [2.75, 3.05) is 52.9 Å². The molecule has 3 unspecified atom stereocenters. The zero-order valence-electron chi connectivity index (χ0n) is 21.6. The number of hydrogen-bond acceptors (Lipinski definition) is 5. The number of morpholine rings is 1. The Hall–Kier alpha value is -2.16. The second-order valence-electron chi connectivity index (χ2n) is 11.7. The molecule has 4 saturated heterocycles. The smallest absolute Gasteiger partial charge is 0.317 e. The van der Waals surface area contributed by atoms with E-state index in [2.05, 4.69) is 51.3 Å². The zero-order valence-corrected chi connectivity index (χ0v) is 21.6. The van der Waals surface area contributed by atoms with Crippen LogP contribution < -0.4 is 5.32 Å². The van der Waals surface area contributed by atoms with Crippen LogP contribution in [-0.4, -0.2) is 108 Å². The maximum absolute atomic E-state index is 13.1. The average molecular weight is 496 g/mol. The minimum Gasteiger partial charge on any atom is -0.363 e. The Morgan fingerprint density at radius 2 is 1.69 bits per heavy atom. The second kappa shape index (κ2) is 9.95. The van der Waals surface area contributed by atoms with E-state index in [1.54, 1.807) is 0 Å². The molecule has 4 aliphatic heterocycles. The SMILES string of the molecule is CN1CCN(C(=O)NC(CCN2C3CCC2CC2(C3)CN(C3CC3)C(=O)CO2)c2ccccc2)CC1. The van der Waals surface area contributed by atoms with Gasteiger partial charge in [0.25, 0.3) is 0 Å². The van der Waals surface area contributed by atoms with Crippen molar-refractivity contribution in [3.05, 3.63) is 35.9 Å². The number of likely N-dealkylation sites (N-methyl/N-ethyl adjacent to an activating group) is 1. The van der Waals surface area contributed by atoms with Gasteiger partial charge >= 0.3 is 6.03 Å². The first-order chi connectivity index (χ1) is 17.5. The number of piperidine rings is 1. The van der Waals surface area contributed by atoms with Crippen LogP contribution in [0.15, 0.2) is 30.3 Å². The molecule has 1 spiro atoms.